The van der Waals surface area contributed by atoms with E-state index in [-0.39, 0.29) is 0 Å². The van der Waals surface area contributed by atoms with Crippen molar-refractivity contribution in [1.29, 1.82) is 0 Å². The molecule has 0 bridgehead atoms. The Labute approximate surface area is 267 Å². The number of unbranched alkanes of at least 4 members (excludes halogenated alkanes) is 2. The maximum absolute atomic E-state index is 2.44. The minimum Gasteiger partial charge on any atom is -0.0654 e. The lowest BCUT2D eigenvalue weighted by molar-refractivity contribution is 0.00575. The number of hydrogen-bond acceptors (Lipinski definition) is 0. The van der Waals surface area contributed by atoms with E-state index in [1.807, 2.05) is 0 Å². The molecule has 0 aliphatic carbocycles. The van der Waals surface area contributed by atoms with Gasteiger partial charge in [0.25, 0.3) is 0 Å². The van der Waals surface area contributed by atoms with Crippen LogP contribution in [-0.2, 0) is 0 Å². The van der Waals surface area contributed by atoms with Crippen LogP contribution >= 0.6 is 0 Å². The summed E-state index contributed by atoms with van der Waals surface area (Å²) in [5.74, 6) is 0.884. The van der Waals surface area contributed by atoms with Crippen LogP contribution in [0.2, 0.25) is 0 Å². The van der Waals surface area contributed by atoms with E-state index in [1.165, 1.54) is 51.4 Å². The summed E-state index contributed by atoms with van der Waals surface area (Å²) in [4.78, 5) is 0. The Hall–Kier alpha value is 0. The van der Waals surface area contributed by atoms with E-state index in [4.69, 9.17) is 0 Å². The average molecular weight is 585 g/mol. The molecular formula is C41H92. The van der Waals surface area contributed by atoms with Gasteiger partial charge in [0.15, 0.2) is 0 Å². The molecule has 0 heteroatoms. The third-order valence-corrected chi connectivity index (χ3v) is 12.1. The lowest BCUT2D eigenvalue weighted by atomic mass is 9.56. The van der Waals surface area contributed by atoms with Crippen molar-refractivity contribution >= 4 is 0 Å². The predicted octanol–water partition coefficient (Wildman–Crippen LogP) is 16.1. The zero-order valence-corrected chi connectivity index (χ0v) is 34.7. The van der Waals surface area contributed by atoms with E-state index in [0.717, 1.165) is 5.92 Å². The molecular weight excluding hydrogens is 492 g/mol. The van der Waals surface area contributed by atoms with Gasteiger partial charge in [-0.2, -0.15) is 0 Å². The molecule has 0 atom stereocenters. The van der Waals surface area contributed by atoms with Crippen LogP contribution in [0, 0.1) is 43.8 Å². The molecule has 0 aliphatic heterocycles. The van der Waals surface area contributed by atoms with E-state index in [9.17, 15) is 0 Å². The molecule has 0 unspecified atom stereocenters. The second kappa shape index (κ2) is 21.7. The van der Waals surface area contributed by atoms with Crippen molar-refractivity contribution in [3.63, 3.8) is 0 Å². The van der Waals surface area contributed by atoms with Gasteiger partial charge in [-0.15, -0.1) is 0 Å². The summed E-state index contributed by atoms with van der Waals surface area (Å²) in [5.41, 5.74) is 3.09. The van der Waals surface area contributed by atoms with Crippen LogP contribution in [0.5, 0.6) is 0 Å². The van der Waals surface area contributed by atoms with Crippen LogP contribution in [0.1, 0.15) is 224 Å². The SMILES string of the molecule is CC(C)(C)C(C)(C)C.CC(C)(C)C(C)(C)C(C)(C)C.CCC(C)(CC)C(C)(CC)CC.CCC(C)C.CCCCC. The molecule has 0 aliphatic rings. The molecule has 0 fully saturated rings. The van der Waals surface area contributed by atoms with Gasteiger partial charge in [0.1, 0.15) is 0 Å². The highest BCUT2D eigenvalue weighted by atomic mass is 14.5. The van der Waals surface area contributed by atoms with E-state index in [1.54, 1.807) is 0 Å². The van der Waals surface area contributed by atoms with E-state index in [0.29, 0.717) is 37.9 Å². The Morgan fingerprint density at radius 2 is 0.561 bits per heavy atom. The highest BCUT2D eigenvalue weighted by molar-refractivity contribution is 4.91. The fourth-order valence-corrected chi connectivity index (χ4v) is 3.69. The van der Waals surface area contributed by atoms with Crippen molar-refractivity contribution in [2.75, 3.05) is 0 Å². The fraction of sp³-hybridized carbons (Fsp3) is 1.00. The van der Waals surface area contributed by atoms with Crippen LogP contribution < -0.4 is 0 Å². The lowest BCUT2D eigenvalue weighted by Crippen LogP contribution is -2.41. The standard InChI is InChI=1S/C12H26.C11H24.C8H18.2C5H12/c1-7-11(5,8-2)12(6,9-3)10-4;1-9(2,3)11(7,8)10(4,5)6;1-7(2,3)8(4,5)6;1-4-5(2)3;1-3-5-4-2/h7-10H2,1-6H3;1-8H3;1-6H3;5H,4H2,1-3H3;3-5H2,1-2H3. The molecule has 0 heterocycles. The van der Waals surface area contributed by atoms with Gasteiger partial charge < -0.3 is 0 Å². The highest BCUT2D eigenvalue weighted by Crippen LogP contribution is 2.50. The van der Waals surface area contributed by atoms with Gasteiger partial charge in [-0.25, -0.2) is 0 Å². The van der Waals surface area contributed by atoms with Gasteiger partial charge in [-0.3, -0.25) is 0 Å². The van der Waals surface area contributed by atoms with Crippen molar-refractivity contribution in [3.05, 3.63) is 0 Å². The van der Waals surface area contributed by atoms with Gasteiger partial charge in [0.05, 0.1) is 0 Å². The summed E-state index contributed by atoms with van der Waals surface area (Å²) < 4.78 is 0. The van der Waals surface area contributed by atoms with Gasteiger partial charge in [-0.1, -0.05) is 224 Å². The van der Waals surface area contributed by atoms with E-state index in [2.05, 4.69) is 173 Å². The molecule has 0 aromatic heterocycles. The van der Waals surface area contributed by atoms with Gasteiger partial charge in [0.2, 0.25) is 0 Å². The van der Waals surface area contributed by atoms with Crippen molar-refractivity contribution in [2.24, 2.45) is 43.8 Å². The molecule has 0 spiro atoms. The molecule has 0 aromatic rings. The third-order valence-electron chi connectivity index (χ3n) is 12.1. The summed E-state index contributed by atoms with van der Waals surface area (Å²) in [6.45, 7) is 57.5. The molecule has 0 nitrogen and oxygen atoms in total. The second-order valence-electron chi connectivity index (χ2n) is 18.3. The molecule has 0 saturated heterocycles. The quantitative estimate of drug-likeness (QED) is 0.266. The first-order valence-electron chi connectivity index (χ1n) is 17.9. The monoisotopic (exact) mass is 585 g/mol. The van der Waals surface area contributed by atoms with E-state index < -0.39 is 0 Å². The van der Waals surface area contributed by atoms with Crippen LogP contribution in [0.15, 0.2) is 0 Å². The Bertz CT molecular complexity index is 505. The second-order valence-corrected chi connectivity index (χ2v) is 18.3. The maximum Gasteiger partial charge on any atom is -0.0257 e. The Morgan fingerprint density at radius 1 is 0.366 bits per heavy atom. The molecule has 41 heavy (non-hydrogen) atoms. The Kier molecular flexibility index (Phi) is 26.7. The molecule has 0 saturated carbocycles. The maximum atomic E-state index is 2.44. The molecule has 0 rings (SSSR count). The summed E-state index contributed by atoms with van der Waals surface area (Å²) in [6, 6.07) is 0. The zero-order valence-electron chi connectivity index (χ0n) is 34.7. The van der Waals surface area contributed by atoms with Gasteiger partial charge >= 0.3 is 0 Å². The number of rotatable bonds is 8. The fourth-order valence-electron chi connectivity index (χ4n) is 3.69. The van der Waals surface area contributed by atoms with Crippen LogP contribution in [-0.4, -0.2) is 0 Å². The van der Waals surface area contributed by atoms with Crippen molar-refractivity contribution in [2.45, 2.75) is 224 Å². The van der Waals surface area contributed by atoms with Crippen LogP contribution in [0.4, 0.5) is 0 Å². The minimum absolute atomic E-state index is 0.375. The predicted molar refractivity (Wildman–Crippen MR) is 199 cm³/mol. The largest absolute Gasteiger partial charge is 0.0654 e. The van der Waals surface area contributed by atoms with Crippen molar-refractivity contribution in [3.8, 4) is 0 Å². The third kappa shape index (κ3) is 21.4. The van der Waals surface area contributed by atoms with Crippen molar-refractivity contribution < 1.29 is 0 Å². The minimum atomic E-state index is 0.375. The lowest BCUT2D eigenvalue weighted by Gasteiger charge is -2.49. The summed E-state index contributed by atoms with van der Waals surface area (Å²) in [7, 11) is 0. The van der Waals surface area contributed by atoms with Crippen molar-refractivity contribution in [1.82, 2.24) is 0 Å². The highest BCUT2D eigenvalue weighted by Gasteiger charge is 2.42. The Balaban J connectivity index is -0.000000138. The van der Waals surface area contributed by atoms with Gasteiger partial charge in [-0.05, 0) is 43.8 Å². The molecule has 0 radical (unpaired) electrons. The van der Waals surface area contributed by atoms with Crippen LogP contribution in [0.3, 0.4) is 0 Å². The average Bonchev–Trinajstić information content (AvgIpc) is 2.82. The first-order chi connectivity index (χ1) is 17.9. The normalized spacial score (nSPS) is 13.0. The van der Waals surface area contributed by atoms with Gasteiger partial charge in [0, 0.05) is 0 Å². The smallest absolute Gasteiger partial charge is 0.0257 e. The first kappa shape index (κ1) is 50.6. The van der Waals surface area contributed by atoms with E-state index >= 15 is 0 Å². The molecule has 0 aromatic carbocycles. The first-order valence-corrected chi connectivity index (χ1v) is 17.9. The topological polar surface area (TPSA) is 0 Å². The summed E-state index contributed by atoms with van der Waals surface area (Å²) >= 11 is 0. The summed E-state index contributed by atoms with van der Waals surface area (Å²) in [5, 5.41) is 0. The Morgan fingerprint density at radius 3 is 0.585 bits per heavy atom. The summed E-state index contributed by atoms with van der Waals surface area (Å²) in [6.07, 6.45) is 10.6. The molecule has 256 valence electrons. The van der Waals surface area contributed by atoms with Crippen LogP contribution in [0.25, 0.3) is 0 Å². The zero-order chi connectivity index (χ0) is 34.7. The number of hydrogen-bond donors (Lipinski definition) is 0. The molecule has 0 N–H and O–H groups in total. The molecule has 0 amide bonds.